The minimum absolute atomic E-state index is 0.0331. The molecule has 4 rings (SSSR count). The van der Waals surface area contributed by atoms with E-state index in [1.54, 1.807) is 12.4 Å². The Hall–Kier alpha value is -3.06. The molecule has 7 heteroatoms. The molecule has 1 aliphatic rings. The van der Waals surface area contributed by atoms with Crippen LogP contribution in [0.5, 0.6) is 0 Å². The second-order valence-corrected chi connectivity index (χ2v) is 7.34. The zero-order valence-electron chi connectivity index (χ0n) is 16.3. The molecule has 3 aromatic rings. The van der Waals surface area contributed by atoms with Crippen molar-refractivity contribution in [2.75, 3.05) is 26.2 Å². The van der Waals surface area contributed by atoms with Gasteiger partial charge in [-0.15, -0.1) is 0 Å². The van der Waals surface area contributed by atoms with Gasteiger partial charge in [-0.05, 0) is 43.0 Å². The van der Waals surface area contributed by atoms with E-state index >= 15 is 0 Å². The first-order valence-corrected chi connectivity index (χ1v) is 10.0. The molecule has 1 aliphatic heterocycles. The molecule has 150 valence electrons. The molecule has 1 N–H and O–H groups in total. The maximum absolute atomic E-state index is 12.3. The van der Waals surface area contributed by atoms with Crippen molar-refractivity contribution in [3.05, 3.63) is 66.3 Å². The molecule has 1 amide bonds. The number of hydrogen-bond donors (Lipinski definition) is 1. The predicted octanol–water partition coefficient (Wildman–Crippen LogP) is 2.67. The van der Waals surface area contributed by atoms with E-state index in [1.165, 1.54) is 12.0 Å². The summed E-state index contributed by atoms with van der Waals surface area (Å²) in [5.74, 6) is 1.55. The van der Waals surface area contributed by atoms with Gasteiger partial charge < -0.3 is 9.84 Å². The van der Waals surface area contributed by atoms with Gasteiger partial charge in [0.25, 0.3) is 0 Å². The van der Waals surface area contributed by atoms with Gasteiger partial charge in [0.05, 0.1) is 6.54 Å². The van der Waals surface area contributed by atoms with Gasteiger partial charge in [0.1, 0.15) is 0 Å². The van der Waals surface area contributed by atoms with Crippen molar-refractivity contribution in [1.29, 1.82) is 0 Å². The Kier molecular flexibility index (Phi) is 6.26. The largest absolute Gasteiger partial charge is 0.354 e. The molecule has 0 radical (unpaired) electrons. The first-order chi connectivity index (χ1) is 14.3. The molecule has 0 aliphatic carbocycles. The van der Waals surface area contributed by atoms with E-state index in [2.05, 4.69) is 49.6 Å². The van der Waals surface area contributed by atoms with E-state index in [9.17, 15) is 4.79 Å². The van der Waals surface area contributed by atoms with Gasteiger partial charge in [-0.1, -0.05) is 35.5 Å². The van der Waals surface area contributed by atoms with Crippen molar-refractivity contribution in [2.24, 2.45) is 0 Å². The lowest BCUT2D eigenvalue weighted by Gasteiger charge is -2.32. The van der Waals surface area contributed by atoms with Crippen molar-refractivity contribution in [3.8, 4) is 11.4 Å². The zero-order chi connectivity index (χ0) is 19.9. The molecule has 1 fully saturated rings. The molecule has 1 aromatic carbocycles. The maximum atomic E-state index is 12.3. The van der Waals surface area contributed by atoms with Gasteiger partial charge in [0.15, 0.2) is 0 Å². The number of pyridine rings is 1. The lowest BCUT2D eigenvalue weighted by molar-refractivity contribution is -0.122. The lowest BCUT2D eigenvalue weighted by atomic mass is 9.91. The smallest absolute Gasteiger partial charge is 0.234 e. The summed E-state index contributed by atoms with van der Waals surface area (Å²) in [6, 6.07) is 14.3. The number of likely N-dealkylation sites (tertiary alicyclic amines) is 1. The van der Waals surface area contributed by atoms with Crippen LogP contribution < -0.4 is 5.32 Å². The van der Waals surface area contributed by atoms with Gasteiger partial charge in [-0.3, -0.25) is 14.7 Å². The summed E-state index contributed by atoms with van der Waals surface area (Å²) < 4.78 is 5.26. The highest BCUT2D eigenvalue weighted by Crippen LogP contribution is 2.26. The zero-order valence-corrected chi connectivity index (χ0v) is 16.3. The number of benzene rings is 1. The molecule has 29 heavy (non-hydrogen) atoms. The van der Waals surface area contributed by atoms with Gasteiger partial charge in [0, 0.05) is 37.5 Å². The Bertz CT molecular complexity index is 913. The number of hydrogen-bond acceptors (Lipinski definition) is 6. The standard InChI is InChI=1S/C22H25N5O2/c28-20(16-27-13-5-9-19(15-27)17-6-2-1-3-7-17)24-12-10-21-25-22(26-29-21)18-8-4-11-23-14-18/h1-4,6-8,11,14,19H,5,9-10,12-13,15-16H2,(H,24,28)/t19-/m1/s1. The average Bonchev–Trinajstić information content (AvgIpc) is 3.24. The van der Waals surface area contributed by atoms with Crippen LogP contribution in [-0.2, 0) is 11.2 Å². The Morgan fingerprint density at radius 3 is 2.93 bits per heavy atom. The molecule has 0 spiro atoms. The van der Waals surface area contributed by atoms with Crippen molar-refractivity contribution in [3.63, 3.8) is 0 Å². The number of piperidine rings is 1. The molecular formula is C22H25N5O2. The van der Waals surface area contributed by atoms with Gasteiger partial charge in [-0.25, -0.2) is 0 Å². The van der Waals surface area contributed by atoms with Crippen molar-refractivity contribution in [1.82, 2.24) is 25.3 Å². The molecule has 0 saturated carbocycles. The summed E-state index contributed by atoms with van der Waals surface area (Å²) in [7, 11) is 0. The van der Waals surface area contributed by atoms with Crippen LogP contribution >= 0.6 is 0 Å². The van der Waals surface area contributed by atoms with Crippen LogP contribution in [0.1, 0.15) is 30.2 Å². The van der Waals surface area contributed by atoms with Crippen LogP contribution in [-0.4, -0.2) is 52.1 Å². The van der Waals surface area contributed by atoms with Crippen LogP contribution in [0, 0.1) is 0 Å². The number of carbonyl (C=O) groups is 1. The van der Waals surface area contributed by atoms with E-state index < -0.39 is 0 Å². The molecule has 1 saturated heterocycles. The van der Waals surface area contributed by atoms with Crippen LogP contribution in [0.4, 0.5) is 0 Å². The summed E-state index contributed by atoms with van der Waals surface area (Å²) in [4.78, 5) is 23.0. The number of carbonyl (C=O) groups excluding carboxylic acids is 1. The minimum Gasteiger partial charge on any atom is -0.354 e. The third kappa shape index (κ3) is 5.26. The molecule has 0 unspecified atom stereocenters. The SMILES string of the molecule is O=C(CN1CCC[C@@H](c2ccccc2)C1)NCCc1nc(-c2cccnc2)no1. The number of nitrogens with one attached hydrogen (secondary N) is 1. The average molecular weight is 391 g/mol. The summed E-state index contributed by atoms with van der Waals surface area (Å²) in [6.45, 7) is 2.79. The molecular weight excluding hydrogens is 366 g/mol. The quantitative estimate of drug-likeness (QED) is 0.667. The summed E-state index contributed by atoms with van der Waals surface area (Å²) in [5, 5.41) is 6.93. The van der Waals surface area contributed by atoms with Crippen LogP contribution in [0.15, 0.2) is 59.4 Å². The Morgan fingerprint density at radius 2 is 2.10 bits per heavy atom. The fraction of sp³-hybridized carbons (Fsp3) is 0.364. The maximum Gasteiger partial charge on any atom is 0.234 e. The summed E-state index contributed by atoms with van der Waals surface area (Å²) in [6.07, 6.45) is 6.19. The monoisotopic (exact) mass is 391 g/mol. The third-order valence-electron chi connectivity index (χ3n) is 5.19. The van der Waals surface area contributed by atoms with Crippen LogP contribution in [0.3, 0.4) is 0 Å². The molecule has 7 nitrogen and oxygen atoms in total. The summed E-state index contributed by atoms with van der Waals surface area (Å²) in [5.41, 5.74) is 2.17. The normalized spacial score (nSPS) is 17.2. The molecule has 0 bridgehead atoms. The highest BCUT2D eigenvalue weighted by molar-refractivity contribution is 5.78. The van der Waals surface area contributed by atoms with Crippen LogP contribution in [0.25, 0.3) is 11.4 Å². The van der Waals surface area contributed by atoms with Gasteiger partial charge in [-0.2, -0.15) is 4.98 Å². The second-order valence-electron chi connectivity index (χ2n) is 7.34. The summed E-state index contributed by atoms with van der Waals surface area (Å²) >= 11 is 0. The number of aromatic nitrogens is 3. The number of rotatable bonds is 7. The van der Waals surface area contributed by atoms with Gasteiger partial charge >= 0.3 is 0 Å². The number of nitrogens with zero attached hydrogens (tertiary/aromatic N) is 4. The Balaban J connectivity index is 1.22. The molecule has 3 heterocycles. The van der Waals surface area contributed by atoms with Crippen molar-refractivity contribution < 1.29 is 9.32 Å². The lowest BCUT2D eigenvalue weighted by Crippen LogP contribution is -2.42. The van der Waals surface area contributed by atoms with E-state index in [0.29, 0.717) is 37.1 Å². The van der Waals surface area contributed by atoms with E-state index in [4.69, 9.17) is 4.52 Å². The first-order valence-electron chi connectivity index (χ1n) is 10.0. The van der Waals surface area contributed by atoms with E-state index in [1.807, 2.05) is 18.2 Å². The molecule has 1 atom stereocenters. The van der Waals surface area contributed by atoms with Gasteiger partial charge in [0.2, 0.25) is 17.6 Å². The second kappa shape index (κ2) is 9.43. The van der Waals surface area contributed by atoms with E-state index in [0.717, 1.165) is 25.1 Å². The fourth-order valence-corrected chi connectivity index (χ4v) is 3.73. The minimum atomic E-state index is 0.0331. The fourth-order valence-electron chi connectivity index (χ4n) is 3.73. The predicted molar refractivity (Wildman–Crippen MR) is 109 cm³/mol. The van der Waals surface area contributed by atoms with E-state index in [-0.39, 0.29) is 5.91 Å². The van der Waals surface area contributed by atoms with Crippen molar-refractivity contribution in [2.45, 2.75) is 25.2 Å². The Morgan fingerprint density at radius 1 is 1.21 bits per heavy atom. The highest BCUT2D eigenvalue weighted by Gasteiger charge is 2.22. The Labute approximate surface area is 170 Å². The third-order valence-corrected chi connectivity index (χ3v) is 5.19. The topological polar surface area (TPSA) is 84.2 Å². The highest BCUT2D eigenvalue weighted by atomic mass is 16.5. The molecule has 2 aromatic heterocycles. The number of amides is 1. The van der Waals surface area contributed by atoms with Crippen LogP contribution in [0.2, 0.25) is 0 Å². The van der Waals surface area contributed by atoms with Crippen molar-refractivity contribution >= 4 is 5.91 Å². The first kappa shape index (κ1) is 19.3.